The van der Waals surface area contributed by atoms with Crippen LogP contribution in [0.15, 0.2) is 48.6 Å². The van der Waals surface area contributed by atoms with Crippen molar-refractivity contribution in [3.8, 4) is 0 Å². The zero-order chi connectivity index (χ0) is 29.4. The average Bonchev–Trinajstić information content (AvgIpc) is 2.93. The maximum atomic E-state index is 12.4. The van der Waals surface area contributed by atoms with Crippen LogP contribution < -0.4 is 0 Å². The van der Waals surface area contributed by atoms with Gasteiger partial charge in [-0.15, -0.1) is 0 Å². The molecule has 1 atom stereocenters. The summed E-state index contributed by atoms with van der Waals surface area (Å²) in [5, 5.41) is 8.95. The summed E-state index contributed by atoms with van der Waals surface area (Å²) >= 11 is 0. The Bertz CT molecular complexity index is 689. The highest BCUT2D eigenvalue weighted by atomic mass is 16.5. The fourth-order valence-corrected chi connectivity index (χ4v) is 4.60. The molecular formula is C36H62O4. The van der Waals surface area contributed by atoms with Gasteiger partial charge in [-0.2, -0.15) is 0 Å². The number of unbranched alkanes of at least 4 members (excludes halogenated alkanes) is 12. The maximum absolute atomic E-state index is 12.4. The molecule has 4 nitrogen and oxygen atoms in total. The molecule has 0 fully saturated rings. The summed E-state index contributed by atoms with van der Waals surface area (Å²) in [7, 11) is 0. The third-order valence-corrected chi connectivity index (χ3v) is 7.05. The van der Waals surface area contributed by atoms with Gasteiger partial charge >= 0.3 is 11.9 Å². The van der Waals surface area contributed by atoms with Gasteiger partial charge in [-0.25, -0.2) is 0 Å². The van der Waals surface area contributed by atoms with Crippen molar-refractivity contribution in [2.24, 2.45) is 0 Å². The number of esters is 1. The Kier molecular flexibility index (Phi) is 29.8. The van der Waals surface area contributed by atoms with Gasteiger partial charge in [0, 0.05) is 12.8 Å². The van der Waals surface area contributed by atoms with E-state index in [1.165, 1.54) is 70.6 Å². The van der Waals surface area contributed by atoms with E-state index in [0.717, 1.165) is 51.4 Å². The van der Waals surface area contributed by atoms with Crippen molar-refractivity contribution in [3.05, 3.63) is 48.6 Å². The Morgan fingerprint density at radius 2 is 1.00 bits per heavy atom. The zero-order valence-electron chi connectivity index (χ0n) is 26.1. The van der Waals surface area contributed by atoms with Gasteiger partial charge in [0.25, 0.3) is 0 Å². The normalized spacial score (nSPS) is 12.8. The fraction of sp³-hybridized carbons (Fsp3) is 0.722. The van der Waals surface area contributed by atoms with Crippen molar-refractivity contribution in [1.29, 1.82) is 0 Å². The quantitative estimate of drug-likeness (QED) is 0.0563. The van der Waals surface area contributed by atoms with Crippen LogP contribution in [-0.2, 0) is 14.3 Å². The fourth-order valence-electron chi connectivity index (χ4n) is 4.60. The molecule has 1 unspecified atom stereocenters. The molecule has 0 aromatic heterocycles. The molecular weight excluding hydrogens is 496 g/mol. The number of rotatable bonds is 29. The molecule has 0 rings (SSSR count). The number of ether oxygens (including phenoxy) is 1. The van der Waals surface area contributed by atoms with Gasteiger partial charge in [0.2, 0.25) is 0 Å². The van der Waals surface area contributed by atoms with Crippen molar-refractivity contribution in [2.45, 2.75) is 168 Å². The first-order valence-electron chi connectivity index (χ1n) is 16.6. The summed E-state index contributed by atoms with van der Waals surface area (Å²) in [5.41, 5.74) is 0. The van der Waals surface area contributed by atoms with Crippen molar-refractivity contribution in [3.63, 3.8) is 0 Å². The second kappa shape index (κ2) is 31.4. The molecule has 0 bridgehead atoms. The predicted octanol–water partition coefficient (Wildman–Crippen LogP) is 11.2. The number of aliphatic carboxylic acids is 1. The first kappa shape index (κ1) is 37.9. The SMILES string of the molecule is CCCCC/C=C\C/C=C\C/C=C\C/C=C\CCCC(=O)OC(CCCCCCCCCCC)CCCC(=O)O. The largest absolute Gasteiger partial charge is 0.481 e. The Balaban J connectivity index is 3.99. The highest BCUT2D eigenvalue weighted by Crippen LogP contribution is 2.17. The Hall–Kier alpha value is -2.10. The lowest BCUT2D eigenvalue weighted by Crippen LogP contribution is -2.18. The van der Waals surface area contributed by atoms with E-state index in [2.05, 4.69) is 62.5 Å². The lowest BCUT2D eigenvalue weighted by molar-refractivity contribution is -0.150. The third kappa shape index (κ3) is 30.4. The molecule has 0 aliphatic rings. The van der Waals surface area contributed by atoms with Crippen molar-refractivity contribution in [1.82, 2.24) is 0 Å². The van der Waals surface area contributed by atoms with Gasteiger partial charge in [0.15, 0.2) is 0 Å². The van der Waals surface area contributed by atoms with Crippen LogP contribution >= 0.6 is 0 Å². The number of hydrogen-bond acceptors (Lipinski definition) is 3. The molecule has 0 amide bonds. The molecule has 1 N–H and O–H groups in total. The number of carbonyl (C=O) groups is 2. The van der Waals surface area contributed by atoms with Gasteiger partial charge in [-0.1, -0.05) is 127 Å². The number of carbonyl (C=O) groups excluding carboxylic acids is 1. The van der Waals surface area contributed by atoms with Crippen molar-refractivity contribution >= 4 is 11.9 Å². The van der Waals surface area contributed by atoms with Gasteiger partial charge in [0.05, 0.1) is 0 Å². The van der Waals surface area contributed by atoms with E-state index in [-0.39, 0.29) is 18.5 Å². The Morgan fingerprint density at radius 1 is 0.550 bits per heavy atom. The third-order valence-electron chi connectivity index (χ3n) is 7.05. The predicted molar refractivity (Wildman–Crippen MR) is 172 cm³/mol. The van der Waals surface area contributed by atoms with Gasteiger partial charge in [0.1, 0.15) is 6.10 Å². The van der Waals surface area contributed by atoms with Crippen LogP contribution in [0.4, 0.5) is 0 Å². The topological polar surface area (TPSA) is 63.6 Å². The standard InChI is InChI=1S/C36H62O4/c1-3-5-7-9-11-13-14-15-16-17-18-19-20-22-24-26-28-33-36(39)40-34(31-29-32-35(37)38)30-27-25-23-21-12-10-8-6-4-2/h11,13,15-16,18-19,22,24,34H,3-10,12,14,17,20-21,23,25-33H2,1-2H3,(H,37,38)/b13-11-,16-15-,19-18-,24-22-. The number of hydrogen-bond donors (Lipinski definition) is 1. The molecule has 0 aromatic carbocycles. The molecule has 0 aromatic rings. The minimum absolute atomic E-state index is 0.137. The summed E-state index contributed by atoms with van der Waals surface area (Å²) < 4.78 is 5.76. The Morgan fingerprint density at radius 3 is 1.55 bits per heavy atom. The molecule has 40 heavy (non-hydrogen) atoms. The van der Waals surface area contributed by atoms with Crippen LogP contribution in [0.2, 0.25) is 0 Å². The highest BCUT2D eigenvalue weighted by Gasteiger charge is 2.14. The number of carboxylic acid groups (broad SMARTS) is 1. The van der Waals surface area contributed by atoms with Crippen LogP contribution in [0.3, 0.4) is 0 Å². The van der Waals surface area contributed by atoms with Gasteiger partial charge in [-0.05, 0) is 70.6 Å². The molecule has 0 aliphatic carbocycles. The summed E-state index contributed by atoms with van der Waals surface area (Å²) in [6, 6.07) is 0. The molecule has 0 heterocycles. The zero-order valence-corrected chi connectivity index (χ0v) is 26.1. The monoisotopic (exact) mass is 558 g/mol. The smallest absolute Gasteiger partial charge is 0.306 e. The molecule has 0 aliphatic heterocycles. The number of carboxylic acids is 1. The van der Waals surface area contributed by atoms with Crippen LogP contribution in [0.5, 0.6) is 0 Å². The van der Waals surface area contributed by atoms with Crippen LogP contribution in [-0.4, -0.2) is 23.1 Å². The van der Waals surface area contributed by atoms with Gasteiger partial charge in [-0.3, -0.25) is 9.59 Å². The molecule has 0 radical (unpaired) electrons. The minimum Gasteiger partial charge on any atom is -0.481 e. The van der Waals surface area contributed by atoms with Crippen LogP contribution in [0, 0.1) is 0 Å². The van der Waals surface area contributed by atoms with E-state index >= 15 is 0 Å². The van der Waals surface area contributed by atoms with Crippen molar-refractivity contribution < 1.29 is 19.4 Å². The Labute approximate surface area is 247 Å². The van der Waals surface area contributed by atoms with E-state index in [4.69, 9.17) is 9.84 Å². The summed E-state index contributed by atoms with van der Waals surface area (Å²) in [5.74, 6) is -0.931. The lowest BCUT2D eigenvalue weighted by Gasteiger charge is -2.17. The first-order chi connectivity index (χ1) is 19.6. The molecule has 0 saturated carbocycles. The second-order valence-electron chi connectivity index (χ2n) is 11.0. The van der Waals surface area contributed by atoms with E-state index in [0.29, 0.717) is 19.3 Å². The first-order valence-corrected chi connectivity index (χ1v) is 16.6. The lowest BCUT2D eigenvalue weighted by atomic mass is 10.0. The summed E-state index contributed by atoms with van der Waals surface area (Å²) in [4.78, 5) is 23.3. The summed E-state index contributed by atoms with van der Waals surface area (Å²) in [6.45, 7) is 4.48. The second-order valence-corrected chi connectivity index (χ2v) is 11.0. The van der Waals surface area contributed by atoms with Crippen molar-refractivity contribution in [2.75, 3.05) is 0 Å². The van der Waals surface area contributed by atoms with E-state index in [1.54, 1.807) is 0 Å². The molecule has 230 valence electrons. The van der Waals surface area contributed by atoms with Crippen LogP contribution in [0.1, 0.15) is 162 Å². The highest BCUT2D eigenvalue weighted by molar-refractivity contribution is 5.69. The van der Waals surface area contributed by atoms with E-state index in [9.17, 15) is 9.59 Å². The maximum Gasteiger partial charge on any atom is 0.306 e. The number of allylic oxidation sites excluding steroid dienone is 8. The molecule has 0 saturated heterocycles. The average molecular weight is 559 g/mol. The molecule has 4 heteroatoms. The van der Waals surface area contributed by atoms with E-state index < -0.39 is 5.97 Å². The van der Waals surface area contributed by atoms with Gasteiger partial charge < -0.3 is 9.84 Å². The minimum atomic E-state index is -0.785. The van der Waals surface area contributed by atoms with E-state index in [1.807, 2.05) is 0 Å². The van der Waals surface area contributed by atoms with Crippen LogP contribution in [0.25, 0.3) is 0 Å². The molecule has 0 spiro atoms. The summed E-state index contributed by atoms with van der Waals surface area (Å²) in [6.07, 6.45) is 41.1.